The second-order valence-corrected chi connectivity index (χ2v) is 5.01. The Morgan fingerprint density at radius 2 is 2.32 bits per heavy atom. The Labute approximate surface area is 113 Å². The van der Waals surface area contributed by atoms with Crippen LogP contribution in [0.25, 0.3) is 0 Å². The minimum absolute atomic E-state index is 0.0510. The van der Waals surface area contributed by atoms with Gasteiger partial charge in [-0.3, -0.25) is 14.7 Å². The van der Waals surface area contributed by atoms with Gasteiger partial charge in [0.15, 0.2) is 0 Å². The van der Waals surface area contributed by atoms with Crippen LogP contribution in [0.4, 0.5) is 11.4 Å². The molecule has 3 N–H and O–H groups in total. The lowest BCUT2D eigenvalue weighted by Crippen LogP contribution is -2.19. The third-order valence-electron chi connectivity index (χ3n) is 2.63. The average Bonchev–Trinajstić information content (AvgIpc) is 2.90. The van der Waals surface area contributed by atoms with Gasteiger partial charge in [0.05, 0.1) is 23.3 Å². The molecule has 0 spiro atoms. The number of nitrogens with one attached hydrogen (secondary N) is 3. The molecule has 1 aliphatic rings. The monoisotopic (exact) mass is 274 g/mol. The number of amides is 2. The largest absolute Gasteiger partial charge is 0.324 e. The van der Waals surface area contributed by atoms with E-state index in [1.807, 2.05) is 6.07 Å². The second kappa shape index (κ2) is 4.77. The van der Waals surface area contributed by atoms with Gasteiger partial charge < -0.3 is 10.6 Å². The number of hydrogen-bond acceptors (Lipinski definition) is 4. The summed E-state index contributed by atoms with van der Waals surface area (Å²) in [7, 11) is 0. The third-order valence-corrected chi connectivity index (χ3v) is 3.70. The Hall–Kier alpha value is -2.28. The Balaban J connectivity index is 1.83. The highest BCUT2D eigenvalue weighted by molar-refractivity contribution is 8.00. The molecule has 1 aromatic heterocycles. The van der Waals surface area contributed by atoms with Crippen LogP contribution in [0.2, 0.25) is 0 Å². The molecule has 0 unspecified atom stereocenters. The maximum Gasteiger partial charge on any atom is 0.255 e. The zero-order chi connectivity index (χ0) is 13.2. The van der Waals surface area contributed by atoms with Gasteiger partial charge >= 0.3 is 0 Å². The number of carbonyl (C=O) groups is 2. The molecule has 1 aliphatic heterocycles. The van der Waals surface area contributed by atoms with Crippen LogP contribution in [0.15, 0.2) is 35.5 Å². The standard InChI is InChI=1S/C12H10N4O2S/c17-11-6-19-10-2-1-7(3-9(10)16-11)12(18)15-8-4-13-14-5-8/h1-5H,6H2,(H,13,14)(H,15,18)(H,16,17). The van der Waals surface area contributed by atoms with E-state index in [0.29, 0.717) is 22.7 Å². The van der Waals surface area contributed by atoms with Gasteiger partial charge in [0.1, 0.15) is 0 Å². The van der Waals surface area contributed by atoms with Crippen molar-refractivity contribution in [3.8, 4) is 0 Å². The fraction of sp³-hybridized carbons (Fsp3) is 0.0833. The van der Waals surface area contributed by atoms with Gasteiger partial charge in [-0.2, -0.15) is 5.10 Å². The first-order valence-corrected chi connectivity index (χ1v) is 6.58. The molecule has 3 rings (SSSR count). The summed E-state index contributed by atoms with van der Waals surface area (Å²) in [4.78, 5) is 24.3. The number of anilines is 2. The van der Waals surface area contributed by atoms with Crippen molar-refractivity contribution < 1.29 is 9.59 Å². The van der Waals surface area contributed by atoms with E-state index in [9.17, 15) is 9.59 Å². The summed E-state index contributed by atoms with van der Waals surface area (Å²) in [5.74, 6) is 0.118. The van der Waals surface area contributed by atoms with Gasteiger partial charge in [0.25, 0.3) is 5.91 Å². The predicted octanol–water partition coefficient (Wildman–Crippen LogP) is 1.71. The molecule has 0 bridgehead atoms. The van der Waals surface area contributed by atoms with Crippen LogP contribution in [0, 0.1) is 0 Å². The summed E-state index contributed by atoms with van der Waals surface area (Å²) >= 11 is 1.46. The van der Waals surface area contributed by atoms with Crippen molar-refractivity contribution >= 4 is 35.0 Å². The minimum Gasteiger partial charge on any atom is -0.324 e. The van der Waals surface area contributed by atoms with Crippen molar-refractivity contribution in [2.75, 3.05) is 16.4 Å². The Morgan fingerprint density at radius 3 is 3.11 bits per heavy atom. The highest BCUT2D eigenvalue weighted by Crippen LogP contribution is 2.32. The molecule has 0 fully saturated rings. The minimum atomic E-state index is -0.242. The van der Waals surface area contributed by atoms with E-state index >= 15 is 0 Å². The summed E-state index contributed by atoms with van der Waals surface area (Å²) < 4.78 is 0. The highest BCUT2D eigenvalue weighted by atomic mass is 32.2. The molecule has 0 saturated carbocycles. The number of H-pyrrole nitrogens is 1. The molecule has 7 heteroatoms. The fourth-order valence-electron chi connectivity index (χ4n) is 1.75. The summed E-state index contributed by atoms with van der Waals surface area (Å²) in [5, 5.41) is 11.8. The molecule has 0 saturated heterocycles. The van der Waals surface area contributed by atoms with Gasteiger partial charge in [-0.15, -0.1) is 11.8 Å². The van der Waals surface area contributed by atoms with Gasteiger partial charge in [-0.1, -0.05) is 0 Å². The number of rotatable bonds is 2. The summed E-state index contributed by atoms with van der Waals surface area (Å²) in [6.45, 7) is 0. The summed E-state index contributed by atoms with van der Waals surface area (Å²) in [5.41, 5.74) is 1.77. The molecule has 2 amide bonds. The number of carbonyl (C=O) groups excluding carboxylic acids is 2. The quantitative estimate of drug-likeness (QED) is 0.778. The topological polar surface area (TPSA) is 86.9 Å². The number of aromatic nitrogens is 2. The first kappa shape index (κ1) is 11.8. The smallest absolute Gasteiger partial charge is 0.255 e. The van der Waals surface area contributed by atoms with Crippen LogP contribution in [0.5, 0.6) is 0 Å². The van der Waals surface area contributed by atoms with Crippen LogP contribution in [0.1, 0.15) is 10.4 Å². The van der Waals surface area contributed by atoms with Gasteiger partial charge in [-0.05, 0) is 18.2 Å². The molecule has 2 heterocycles. The normalized spacial score (nSPS) is 13.6. The van der Waals surface area contributed by atoms with E-state index in [2.05, 4.69) is 20.8 Å². The zero-order valence-corrected chi connectivity index (χ0v) is 10.6. The molecule has 6 nitrogen and oxygen atoms in total. The van der Waals surface area contributed by atoms with Gasteiger partial charge in [0, 0.05) is 16.7 Å². The Bertz CT molecular complexity index is 639. The summed E-state index contributed by atoms with van der Waals surface area (Å²) in [6, 6.07) is 5.25. The molecule has 96 valence electrons. The number of fused-ring (bicyclic) bond motifs is 1. The number of benzene rings is 1. The first-order chi connectivity index (χ1) is 9.22. The molecular formula is C12H10N4O2S. The van der Waals surface area contributed by atoms with Crippen molar-refractivity contribution in [3.05, 3.63) is 36.2 Å². The molecule has 1 aromatic carbocycles. The van der Waals surface area contributed by atoms with E-state index in [1.165, 1.54) is 18.0 Å². The predicted molar refractivity (Wildman–Crippen MR) is 72.3 cm³/mol. The van der Waals surface area contributed by atoms with Crippen LogP contribution in [-0.2, 0) is 4.79 Å². The first-order valence-electron chi connectivity index (χ1n) is 5.59. The second-order valence-electron chi connectivity index (χ2n) is 3.99. The average molecular weight is 274 g/mol. The lowest BCUT2D eigenvalue weighted by atomic mass is 10.2. The van der Waals surface area contributed by atoms with E-state index in [0.717, 1.165) is 4.90 Å². The van der Waals surface area contributed by atoms with Crippen LogP contribution < -0.4 is 10.6 Å². The van der Waals surface area contributed by atoms with Crippen molar-refractivity contribution in [1.29, 1.82) is 0 Å². The molecule has 2 aromatic rings. The van der Waals surface area contributed by atoms with Crippen LogP contribution in [0.3, 0.4) is 0 Å². The van der Waals surface area contributed by atoms with Gasteiger partial charge in [0.2, 0.25) is 5.91 Å². The number of aromatic amines is 1. The van der Waals surface area contributed by atoms with Crippen LogP contribution in [-0.4, -0.2) is 27.8 Å². The van der Waals surface area contributed by atoms with Crippen LogP contribution >= 0.6 is 11.8 Å². The molecular weight excluding hydrogens is 264 g/mol. The van der Waals surface area contributed by atoms with Gasteiger partial charge in [-0.25, -0.2) is 0 Å². The van der Waals surface area contributed by atoms with Crippen molar-refractivity contribution in [2.24, 2.45) is 0 Å². The molecule has 0 aliphatic carbocycles. The maximum atomic E-state index is 12.0. The molecule has 19 heavy (non-hydrogen) atoms. The van der Waals surface area contributed by atoms with Crippen molar-refractivity contribution in [1.82, 2.24) is 10.2 Å². The Morgan fingerprint density at radius 1 is 1.42 bits per heavy atom. The van der Waals surface area contributed by atoms with E-state index in [-0.39, 0.29) is 11.8 Å². The lowest BCUT2D eigenvalue weighted by molar-refractivity contribution is -0.113. The lowest BCUT2D eigenvalue weighted by Gasteiger charge is -2.16. The third kappa shape index (κ3) is 2.45. The highest BCUT2D eigenvalue weighted by Gasteiger charge is 2.17. The Kier molecular flexibility index (Phi) is 2.96. The number of thioether (sulfide) groups is 1. The molecule has 0 atom stereocenters. The number of hydrogen-bond donors (Lipinski definition) is 3. The van der Waals surface area contributed by atoms with E-state index < -0.39 is 0 Å². The van der Waals surface area contributed by atoms with Crippen molar-refractivity contribution in [2.45, 2.75) is 4.90 Å². The maximum absolute atomic E-state index is 12.0. The van der Waals surface area contributed by atoms with E-state index in [1.54, 1.807) is 18.3 Å². The molecule has 0 radical (unpaired) electrons. The fourth-order valence-corrected chi connectivity index (χ4v) is 2.54. The number of nitrogens with zero attached hydrogens (tertiary/aromatic N) is 1. The summed E-state index contributed by atoms with van der Waals surface area (Å²) in [6.07, 6.45) is 3.11. The van der Waals surface area contributed by atoms with E-state index in [4.69, 9.17) is 0 Å². The van der Waals surface area contributed by atoms with Crippen molar-refractivity contribution in [3.63, 3.8) is 0 Å². The zero-order valence-electron chi connectivity index (χ0n) is 9.77. The SMILES string of the molecule is O=C1CSc2ccc(C(=O)Nc3cn[nH]c3)cc2N1.